The lowest BCUT2D eigenvalue weighted by atomic mass is 10.1. The van der Waals surface area contributed by atoms with Gasteiger partial charge in [-0.05, 0) is 37.1 Å². The van der Waals surface area contributed by atoms with Crippen molar-refractivity contribution in [1.29, 1.82) is 5.26 Å². The number of nitrogens with one attached hydrogen (secondary N) is 1. The number of nitrogens with zero attached hydrogens (tertiary/aromatic N) is 1. The molecule has 1 unspecified atom stereocenters. The highest BCUT2D eigenvalue weighted by Gasteiger charge is 2.06. The zero-order valence-electron chi connectivity index (χ0n) is 10.5. The van der Waals surface area contributed by atoms with Crippen LogP contribution in [0.4, 0.5) is 4.39 Å². The number of nitriles is 1. The topological polar surface area (TPSA) is 35.8 Å². The van der Waals surface area contributed by atoms with E-state index in [0.717, 1.165) is 12.0 Å². The minimum absolute atomic E-state index is 0.290. The number of hydrogen-bond donors (Lipinski definition) is 1. The number of hydrogen-bond acceptors (Lipinski definition) is 2. The quantitative estimate of drug-likeness (QED) is 0.819. The summed E-state index contributed by atoms with van der Waals surface area (Å²) >= 11 is 0. The summed E-state index contributed by atoms with van der Waals surface area (Å²) in [6, 6.07) is 6.76. The summed E-state index contributed by atoms with van der Waals surface area (Å²) in [5.74, 6) is -0.290. The first-order valence-corrected chi connectivity index (χ1v) is 6.09. The van der Waals surface area contributed by atoms with Crippen molar-refractivity contribution < 1.29 is 4.39 Å². The van der Waals surface area contributed by atoms with Crippen LogP contribution in [0.5, 0.6) is 0 Å². The SMILES string of the molecule is CCCCC(C)NCc1cc(F)ccc1C#N. The molecule has 0 radical (unpaired) electrons. The van der Waals surface area contributed by atoms with E-state index >= 15 is 0 Å². The first-order chi connectivity index (χ1) is 8.17. The van der Waals surface area contributed by atoms with Crippen molar-refractivity contribution in [1.82, 2.24) is 5.32 Å². The molecule has 1 aromatic rings. The van der Waals surface area contributed by atoms with E-state index in [9.17, 15) is 4.39 Å². The van der Waals surface area contributed by atoms with E-state index in [1.807, 2.05) is 0 Å². The molecule has 92 valence electrons. The smallest absolute Gasteiger partial charge is 0.123 e. The van der Waals surface area contributed by atoms with Gasteiger partial charge in [0.1, 0.15) is 5.82 Å². The monoisotopic (exact) mass is 234 g/mol. The van der Waals surface area contributed by atoms with Gasteiger partial charge in [-0.3, -0.25) is 0 Å². The fourth-order valence-corrected chi connectivity index (χ4v) is 1.71. The maximum Gasteiger partial charge on any atom is 0.123 e. The van der Waals surface area contributed by atoms with E-state index in [2.05, 4.69) is 25.2 Å². The molecule has 0 bridgehead atoms. The Labute approximate surface area is 102 Å². The van der Waals surface area contributed by atoms with Crippen LogP contribution in [0, 0.1) is 17.1 Å². The molecule has 1 aromatic carbocycles. The third kappa shape index (κ3) is 4.54. The molecule has 0 aromatic heterocycles. The third-order valence-electron chi connectivity index (χ3n) is 2.82. The second kappa shape index (κ2) is 7.03. The fourth-order valence-electron chi connectivity index (χ4n) is 1.71. The third-order valence-corrected chi connectivity index (χ3v) is 2.82. The highest BCUT2D eigenvalue weighted by molar-refractivity contribution is 5.37. The van der Waals surface area contributed by atoms with E-state index in [0.29, 0.717) is 18.2 Å². The Morgan fingerprint density at radius 3 is 2.88 bits per heavy atom. The minimum Gasteiger partial charge on any atom is -0.310 e. The van der Waals surface area contributed by atoms with Crippen LogP contribution in [0.15, 0.2) is 18.2 Å². The summed E-state index contributed by atoms with van der Waals surface area (Å²) in [7, 11) is 0. The average Bonchev–Trinajstić information content (AvgIpc) is 2.34. The largest absolute Gasteiger partial charge is 0.310 e. The van der Waals surface area contributed by atoms with Gasteiger partial charge in [0, 0.05) is 12.6 Å². The van der Waals surface area contributed by atoms with Crippen LogP contribution in [-0.2, 0) is 6.54 Å². The Bertz CT molecular complexity index is 396. The minimum atomic E-state index is -0.290. The van der Waals surface area contributed by atoms with Crippen molar-refractivity contribution in [3.63, 3.8) is 0 Å². The number of rotatable bonds is 6. The molecule has 0 saturated carbocycles. The fraction of sp³-hybridized carbons (Fsp3) is 0.500. The van der Waals surface area contributed by atoms with Crippen LogP contribution >= 0.6 is 0 Å². The Balaban J connectivity index is 2.56. The predicted molar refractivity (Wildman–Crippen MR) is 66.9 cm³/mol. The molecular formula is C14H19FN2. The summed E-state index contributed by atoms with van der Waals surface area (Å²) in [6.07, 6.45) is 3.46. The summed E-state index contributed by atoms with van der Waals surface area (Å²) in [5, 5.41) is 12.2. The molecule has 2 nitrogen and oxygen atoms in total. The number of benzene rings is 1. The highest BCUT2D eigenvalue weighted by Crippen LogP contribution is 2.11. The average molecular weight is 234 g/mol. The molecule has 1 rings (SSSR count). The lowest BCUT2D eigenvalue weighted by Gasteiger charge is -2.13. The van der Waals surface area contributed by atoms with Gasteiger partial charge in [-0.1, -0.05) is 19.8 Å². The van der Waals surface area contributed by atoms with Crippen molar-refractivity contribution in [3.05, 3.63) is 35.1 Å². The molecule has 0 aliphatic rings. The molecule has 0 spiro atoms. The van der Waals surface area contributed by atoms with Crippen LogP contribution in [-0.4, -0.2) is 6.04 Å². The first kappa shape index (κ1) is 13.7. The van der Waals surface area contributed by atoms with E-state index in [1.165, 1.54) is 31.0 Å². The standard InChI is InChI=1S/C14H19FN2/c1-3-4-5-11(2)17-10-13-8-14(15)7-6-12(13)9-16/h6-8,11,17H,3-5,10H2,1-2H3. The molecule has 17 heavy (non-hydrogen) atoms. The van der Waals surface area contributed by atoms with Crippen molar-refractivity contribution >= 4 is 0 Å². The van der Waals surface area contributed by atoms with E-state index in [-0.39, 0.29) is 5.82 Å². The maximum atomic E-state index is 13.1. The summed E-state index contributed by atoms with van der Waals surface area (Å²) in [5.41, 5.74) is 1.28. The van der Waals surface area contributed by atoms with Crippen LogP contribution in [0.3, 0.4) is 0 Å². The van der Waals surface area contributed by atoms with Gasteiger partial charge in [0.2, 0.25) is 0 Å². The van der Waals surface area contributed by atoms with Crippen LogP contribution in [0.25, 0.3) is 0 Å². The maximum absolute atomic E-state index is 13.1. The second-order valence-corrected chi connectivity index (χ2v) is 4.34. The zero-order valence-corrected chi connectivity index (χ0v) is 10.5. The van der Waals surface area contributed by atoms with Crippen molar-refractivity contribution in [3.8, 4) is 6.07 Å². The molecule has 0 aliphatic carbocycles. The van der Waals surface area contributed by atoms with Gasteiger partial charge >= 0.3 is 0 Å². The van der Waals surface area contributed by atoms with Gasteiger partial charge in [0.15, 0.2) is 0 Å². The molecule has 1 atom stereocenters. The molecule has 0 amide bonds. The molecule has 0 fully saturated rings. The van der Waals surface area contributed by atoms with Gasteiger partial charge < -0.3 is 5.32 Å². The van der Waals surface area contributed by atoms with Crippen molar-refractivity contribution in [2.45, 2.75) is 45.7 Å². The van der Waals surface area contributed by atoms with Gasteiger partial charge in [-0.2, -0.15) is 5.26 Å². The summed E-state index contributed by atoms with van der Waals surface area (Å²) < 4.78 is 13.1. The molecule has 0 saturated heterocycles. The second-order valence-electron chi connectivity index (χ2n) is 4.34. The lowest BCUT2D eigenvalue weighted by molar-refractivity contribution is 0.493. The Morgan fingerprint density at radius 1 is 1.47 bits per heavy atom. The number of halogens is 1. The zero-order chi connectivity index (χ0) is 12.7. The molecule has 3 heteroatoms. The van der Waals surface area contributed by atoms with E-state index < -0.39 is 0 Å². The van der Waals surface area contributed by atoms with Gasteiger partial charge in [-0.15, -0.1) is 0 Å². The van der Waals surface area contributed by atoms with E-state index in [1.54, 1.807) is 0 Å². The van der Waals surface area contributed by atoms with E-state index in [4.69, 9.17) is 5.26 Å². The lowest BCUT2D eigenvalue weighted by Crippen LogP contribution is -2.25. The Kier molecular flexibility index (Phi) is 5.65. The number of unbranched alkanes of at least 4 members (excludes halogenated alkanes) is 1. The summed E-state index contributed by atoms with van der Waals surface area (Å²) in [4.78, 5) is 0. The first-order valence-electron chi connectivity index (χ1n) is 6.09. The molecular weight excluding hydrogens is 215 g/mol. The molecule has 0 heterocycles. The van der Waals surface area contributed by atoms with Crippen molar-refractivity contribution in [2.75, 3.05) is 0 Å². The summed E-state index contributed by atoms with van der Waals surface area (Å²) in [6.45, 7) is 4.82. The highest BCUT2D eigenvalue weighted by atomic mass is 19.1. The van der Waals surface area contributed by atoms with Gasteiger partial charge in [0.05, 0.1) is 11.6 Å². The Morgan fingerprint density at radius 2 is 2.24 bits per heavy atom. The van der Waals surface area contributed by atoms with Gasteiger partial charge in [0.25, 0.3) is 0 Å². The molecule has 0 aliphatic heterocycles. The van der Waals surface area contributed by atoms with Crippen LogP contribution in [0.2, 0.25) is 0 Å². The normalized spacial score (nSPS) is 12.1. The van der Waals surface area contributed by atoms with Crippen LogP contribution < -0.4 is 5.32 Å². The Hall–Kier alpha value is -1.40. The van der Waals surface area contributed by atoms with Crippen LogP contribution in [0.1, 0.15) is 44.2 Å². The molecule has 1 N–H and O–H groups in total. The van der Waals surface area contributed by atoms with Crippen molar-refractivity contribution in [2.24, 2.45) is 0 Å². The predicted octanol–water partition coefficient (Wildman–Crippen LogP) is 3.37. The van der Waals surface area contributed by atoms with Gasteiger partial charge in [-0.25, -0.2) is 4.39 Å².